The molecule has 0 aliphatic rings. The van der Waals surface area contributed by atoms with E-state index in [1.165, 1.54) is 0 Å². The third kappa shape index (κ3) is 4.88. The van der Waals surface area contributed by atoms with E-state index in [9.17, 15) is 9.36 Å². The van der Waals surface area contributed by atoms with Crippen LogP contribution < -0.4 is 0 Å². The molecule has 0 heterocycles. The predicted molar refractivity (Wildman–Crippen MR) is 31.6 cm³/mol. The van der Waals surface area contributed by atoms with Crippen LogP contribution in [0.25, 0.3) is 0 Å². The zero-order valence-corrected chi connectivity index (χ0v) is 6.14. The molecule has 0 aromatic carbocycles. The normalized spacial score (nSPS) is 14.5. The molecule has 0 spiro atoms. The van der Waals surface area contributed by atoms with Crippen molar-refractivity contribution in [3.63, 3.8) is 0 Å². The van der Waals surface area contributed by atoms with Crippen LogP contribution in [-0.4, -0.2) is 38.7 Å². The summed E-state index contributed by atoms with van der Waals surface area (Å²) < 4.78 is 13.7. The summed E-state index contributed by atoms with van der Waals surface area (Å²) in [6.45, 7) is -0.986. The molecule has 4 N–H and O–H groups in total. The molecule has 0 aliphatic heterocycles. The Morgan fingerprint density at radius 2 is 2.00 bits per heavy atom. The summed E-state index contributed by atoms with van der Waals surface area (Å²) in [5.41, 5.74) is 0. The smallest absolute Gasteiger partial charge is 0.470 e. The summed E-state index contributed by atoms with van der Waals surface area (Å²) in [6.07, 6.45) is -1.88. The fraction of sp³-hybridized carbons (Fsp3) is 0.667. The highest BCUT2D eigenvalue weighted by atomic mass is 31.2. The highest BCUT2D eigenvalue weighted by molar-refractivity contribution is 7.46. The minimum absolute atomic E-state index is 0.986. The average Bonchev–Trinajstić information content (AvgIpc) is 1.80. The first-order valence-electron chi connectivity index (χ1n) is 2.44. The lowest BCUT2D eigenvalue weighted by atomic mass is 10.4. The number of carboxylic acid groups (broad SMARTS) is 1. The number of aliphatic carboxylic acids is 1. The first-order chi connectivity index (χ1) is 4.87. The zero-order chi connectivity index (χ0) is 9.07. The maximum Gasteiger partial charge on any atom is 0.470 e. The molecule has 0 saturated heterocycles. The van der Waals surface area contributed by atoms with Gasteiger partial charge in [0, 0.05) is 0 Å². The van der Waals surface area contributed by atoms with Crippen molar-refractivity contribution in [2.75, 3.05) is 6.61 Å². The topological polar surface area (TPSA) is 124 Å². The largest absolute Gasteiger partial charge is 0.479 e. The van der Waals surface area contributed by atoms with Gasteiger partial charge in [0.25, 0.3) is 0 Å². The van der Waals surface area contributed by atoms with Gasteiger partial charge in [0.1, 0.15) is 0 Å². The maximum absolute atomic E-state index is 10.0. The number of aliphatic hydroxyl groups excluding tert-OH is 1. The van der Waals surface area contributed by atoms with E-state index >= 15 is 0 Å². The SMILES string of the molecule is O=C(O)[C@@H](CO)OP(=O)(O)O. The van der Waals surface area contributed by atoms with Crippen LogP contribution in [0.1, 0.15) is 0 Å². The summed E-state index contributed by atoms with van der Waals surface area (Å²) in [5, 5.41) is 16.3. The molecule has 66 valence electrons. The summed E-state index contributed by atoms with van der Waals surface area (Å²) in [5.74, 6) is -1.63. The Balaban J connectivity index is 4.10. The van der Waals surface area contributed by atoms with Gasteiger partial charge < -0.3 is 20.0 Å². The van der Waals surface area contributed by atoms with E-state index in [-0.39, 0.29) is 0 Å². The number of rotatable bonds is 4. The molecular formula is C3H7O7P. The van der Waals surface area contributed by atoms with E-state index < -0.39 is 26.5 Å². The Morgan fingerprint density at radius 3 is 2.09 bits per heavy atom. The lowest BCUT2D eigenvalue weighted by molar-refractivity contribution is -0.147. The second-order valence-corrected chi connectivity index (χ2v) is 2.80. The van der Waals surface area contributed by atoms with E-state index in [0.29, 0.717) is 0 Å². The minimum Gasteiger partial charge on any atom is -0.479 e. The van der Waals surface area contributed by atoms with Crippen molar-refractivity contribution in [1.29, 1.82) is 0 Å². The van der Waals surface area contributed by atoms with E-state index in [1.807, 2.05) is 0 Å². The molecule has 8 heteroatoms. The molecule has 0 aromatic rings. The van der Waals surface area contributed by atoms with E-state index in [4.69, 9.17) is 20.0 Å². The molecule has 0 saturated carbocycles. The Kier molecular flexibility index (Phi) is 3.64. The van der Waals surface area contributed by atoms with Gasteiger partial charge in [-0.15, -0.1) is 0 Å². The van der Waals surface area contributed by atoms with Gasteiger partial charge in [-0.2, -0.15) is 0 Å². The number of phosphoric ester groups is 1. The molecule has 0 bridgehead atoms. The monoisotopic (exact) mass is 186 g/mol. The van der Waals surface area contributed by atoms with Crippen LogP contribution in [0.3, 0.4) is 0 Å². The number of carboxylic acids is 1. The Hall–Kier alpha value is -0.460. The van der Waals surface area contributed by atoms with Crippen molar-refractivity contribution >= 4 is 13.8 Å². The van der Waals surface area contributed by atoms with Crippen molar-refractivity contribution in [3.8, 4) is 0 Å². The third-order valence-electron chi connectivity index (χ3n) is 0.706. The van der Waals surface area contributed by atoms with E-state index in [0.717, 1.165) is 0 Å². The Morgan fingerprint density at radius 1 is 1.55 bits per heavy atom. The summed E-state index contributed by atoms with van der Waals surface area (Å²) in [7, 11) is -4.83. The molecule has 0 rings (SSSR count). The van der Waals surface area contributed by atoms with E-state index in [2.05, 4.69) is 4.52 Å². The fourth-order valence-corrected chi connectivity index (χ4v) is 0.811. The lowest BCUT2D eigenvalue weighted by Gasteiger charge is -2.10. The molecule has 0 fully saturated rings. The molecular weight excluding hydrogens is 179 g/mol. The van der Waals surface area contributed by atoms with Gasteiger partial charge in [-0.1, -0.05) is 0 Å². The van der Waals surface area contributed by atoms with Crippen LogP contribution in [0.4, 0.5) is 0 Å². The van der Waals surface area contributed by atoms with Crippen LogP contribution in [0, 0.1) is 0 Å². The molecule has 11 heavy (non-hydrogen) atoms. The number of hydrogen-bond donors (Lipinski definition) is 4. The second-order valence-electron chi connectivity index (χ2n) is 1.61. The molecule has 0 unspecified atom stereocenters. The molecule has 0 radical (unpaired) electrons. The number of carbonyl (C=O) groups is 1. The molecule has 7 nitrogen and oxygen atoms in total. The van der Waals surface area contributed by atoms with Gasteiger partial charge in [-0.3, -0.25) is 4.52 Å². The molecule has 0 aliphatic carbocycles. The fourth-order valence-electron chi connectivity index (χ4n) is 0.322. The minimum atomic E-state index is -4.83. The summed E-state index contributed by atoms with van der Waals surface area (Å²) in [6, 6.07) is 0. The standard InChI is InChI=1S/C3H7O7P/c4-1-2(3(5)6)10-11(7,8)9/h2,4H,1H2,(H,5,6)(H2,7,8,9)/t2-/m1/s1. The number of hydrogen-bond acceptors (Lipinski definition) is 4. The van der Waals surface area contributed by atoms with Crippen molar-refractivity contribution in [2.24, 2.45) is 0 Å². The van der Waals surface area contributed by atoms with Gasteiger partial charge in [-0.25, -0.2) is 9.36 Å². The van der Waals surface area contributed by atoms with Crippen molar-refractivity contribution < 1.29 is 33.9 Å². The van der Waals surface area contributed by atoms with Crippen molar-refractivity contribution in [2.45, 2.75) is 6.10 Å². The number of phosphoric acid groups is 1. The quantitative estimate of drug-likeness (QED) is 0.395. The zero-order valence-electron chi connectivity index (χ0n) is 5.25. The molecule has 0 amide bonds. The maximum atomic E-state index is 10.0. The average molecular weight is 186 g/mol. The van der Waals surface area contributed by atoms with Crippen LogP contribution in [0.2, 0.25) is 0 Å². The number of aliphatic hydroxyl groups is 1. The van der Waals surface area contributed by atoms with Crippen molar-refractivity contribution in [1.82, 2.24) is 0 Å². The van der Waals surface area contributed by atoms with Gasteiger partial charge in [-0.05, 0) is 0 Å². The van der Waals surface area contributed by atoms with Gasteiger partial charge in [0.05, 0.1) is 6.61 Å². The Bertz CT molecular complexity index is 182. The lowest BCUT2D eigenvalue weighted by Crippen LogP contribution is -2.26. The highest BCUT2D eigenvalue weighted by Gasteiger charge is 2.26. The van der Waals surface area contributed by atoms with Gasteiger partial charge in [0.15, 0.2) is 6.10 Å². The summed E-state index contributed by atoms with van der Waals surface area (Å²) in [4.78, 5) is 26.1. The highest BCUT2D eigenvalue weighted by Crippen LogP contribution is 2.37. The van der Waals surface area contributed by atoms with Crippen LogP contribution >= 0.6 is 7.82 Å². The van der Waals surface area contributed by atoms with Crippen LogP contribution in [0.15, 0.2) is 0 Å². The van der Waals surface area contributed by atoms with Crippen LogP contribution in [-0.2, 0) is 13.9 Å². The molecule has 1 atom stereocenters. The van der Waals surface area contributed by atoms with Crippen LogP contribution in [0.5, 0.6) is 0 Å². The summed E-state index contributed by atoms with van der Waals surface area (Å²) >= 11 is 0. The van der Waals surface area contributed by atoms with Gasteiger partial charge in [0.2, 0.25) is 0 Å². The Labute approximate surface area is 61.5 Å². The molecule has 0 aromatic heterocycles. The van der Waals surface area contributed by atoms with Crippen molar-refractivity contribution in [3.05, 3.63) is 0 Å². The predicted octanol–water partition coefficient (Wildman–Crippen LogP) is -1.46. The van der Waals surface area contributed by atoms with E-state index in [1.54, 1.807) is 0 Å². The second kappa shape index (κ2) is 3.80. The first kappa shape index (κ1) is 10.5. The van der Waals surface area contributed by atoms with Gasteiger partial charge >= 0.3 is 13.8 Å². The third-order valence-corrected chi connectivity index (χ3v) is 1.23. The first-order valence-corrected chi connectivity index (χ1v) is 3.97.